The number of sulfonamides is 1. The lowest BCUT2D eigenvalue weighted by atomic mass is 10.0. The minimum absolute atomic E-state index is 0.160. The maximum absolute atomic E-state index is 14.0. The highest BCUT2D eigenvalue weighted by molar-refractivity contribution is 7.89. The van der Waals surface area contributed by atoms with Gasteiger partial charge in [-0.2, -0.15) is 5.10 Å². The molecule has 1 aliphatic heterocycles. The molecule has 0 bridgehead atoms. The Morgan fingerprint density at radius 3 is 2.41 bits per heavy atom. The van der Waals surface area contributed by atoms with Gasteiger partial charge >= 0.3 is 0 Å². The van der Waals surface area contributed by atoms with Crippen LogP contribution in [0.25, 0.3) is 11.3 Å². The Balaban J connectivity index is 1.51. The Bertz CT molecular complexity index is 1570. The van der Waals surface area contributed by atoms with Gasteiger partial charge < -0.3 is 9.64 Å². The predicted molar refractivity (Wildman–Crippen MR) is 141 cm³/mol. The van der Waals surface area contributed by atoms with Crippen LogP contribution in [0, 0.1) is 0 Å². The highest BCUT2D eigenvalue weighted by atomic mass is 35.5. The molecule has 1 aliphatic rings. The molecule has 5 rings (SSSR count). The number of carbonyl (C=O) groups is 1. The normalized spacial score (nSPS) is 12.4. The summed E-state index contributed by atoms with van der Waals surface area (Å²) in [5.74, 6) is 0.443. The number of amides is 1. The van der Waals surface area contributed by atoms with Gasteiger partial charge in [0.15, 0.2) is 5.69 Å². The molecule has 37 heavy (non-hydrogen) atoms. The zero-order chi connectivity index (χ0) is 26.2. The molecular formula is C27H25ClN4O4S. The van der Waals surface area contributed by atoms with E-state index < -0.39 is 10.0 Å². The molecule has 0 radical (unpaired) electrons. The van der Waals surface area contributed by atoms with Gasteiger partial charge in [0, 0.05) is 36.3 Å². The number of fused-ring (bicyclic) bond motifs is 3. The average molecular weight is 537 g/mol. The number of benzene rings is 3. The summed E-state index contributed by atoms with van der Waals surface area (Å²) in [5, 5.41) is 5.17. The Kier molecular flexibility index (Phi) is 6.76. The Hall–Kier alpha value is -3.66. The number of hydrogen-bond acceptors (Lipinski definition) is 5. The van der Waals surface area contributed by atoms with Crippen molar-refractivity contribution in [3.05, 3.63) is 100 Å². The van der Waals surface area contributed by atoms with Gasteiger partial charge in [-0.3, -0.25) is 9.48 Å². The van der Waals surface area contributed by atoms with E-state index in [9.17, 15) is 13.2 Å². The number of nitrogens with zero attached hydrogens (tertiary/aromatic N) is 3. The topological polar surface area (TPSA) is 93.5 Å². The van der Waals surface area contributed by atoms with Gasteiger partial charge in [0.05, 0.1) is 10.6 Å². The van der Waals surface area contributed by atoms with Gasteiger partial charge in [0.2, 0.25) is 10.0 Å². The summed E-state index contributed by atoms with van der Waals surface area (Å²) >= 11 is 6.24. The number of aryl methyl sites for hydroxylation is 1. The zero-order valence-electron chi connectivity index (χ0n) is 20.3. The fraction of sp³-hybridized carbons (Fsp3) is 0.185. The molecule has 3 aromatic carbocycles. The lowest BCUT2D eigenvalue weighted by molar-refractivity contribution is 0.0720. The molecule has 1 N–H and O–H groups in total. The lowest BCUT2D eigenvalue weighted by Crippen LogP contribution is -2.31. The van der Waals surface area contributed by atoms with Gasteiger partial charge in [-0.15, -0.1) is 0 Å². The first-order chi connectivity index (χ1) is 17.8. The van der Waals surface area contributed by atoms with Crippen molar-refractivity contribution in [2.24, 2.45) is 7.05 Å². The standard InChI is InChI=1S/C27H25ClN4O4S/c1-29-37(34,35)21-11-8-19(9-12-21)16-32(15-18-6-4-3-5-7-18)27(33)25-23-17-36-24-13-10-20(28)14-22(24)26(23)31(2)30-25/h3-14,29H,15-17H2,1-2H3. The van der Waals surface area contributed by atoms with Crippen LogP contribution in [0.5, 0.6) is 5.75 Å². The fourth-order valence-electron chi connectivity index (χ4n) is 4.44. The second-order valence-electron chi connectivity index (χ2n) is 8.73. The van der Waals surface area contributed by atoms with E-state index in [1.165, 1.54) is 19.2 Å². The van der Waals surface area contributed by atoms with Crippen LogP contribution in [-0.4, -0.2) is 36.1 Å². The van der Waals surface area contributed by atoms with Crippen molar-refractivity contribution in [1.29, 1.82) is 0 Å². The molecule has 10 heteroatoms. The van der Waals surface area contributed by atoms with E-state index in [-0.39, 0.29) is 24.0 Å². The first-order valence-corrected chi connectivity index (χ1v) is 13.5. The molecule has 0 atom stereocenters. The van der Waals surface area contributed by atoms with Crippen molar-refractivity contribution in [3.8, 4) is 17.0 Å². The molecule has 4 aromatic rings. The second kappa shape index (κ2) is 10.0. The molecule has 0 saturated heterocycles. The van der Waals surface area contributed by atoms with Gasteiger partial charge in [0.25, 0.3) is 5.91 Å². The molecule has 0 aliphatic carbocycles. The molecule has 0 fully saturated rings. The lowest BCUT2D eigenvalue weighted by Gasteiger charge is -2.24. The number of ether oxygens (including phenoxy) is 1. The van der Waals surface area contributed by atoms with Crippen molar-refractivity contribution in [2.75, 3.05) is 7.05 Å². The third-order valence-corrected chi connectivity index (χ3v) is 7.96. The largest absolute Gasteiger partial charge is 0.488 e. The van der Waals surface area contributed by atoms with Crippen LogP contribution in [0.4, 0.5) is 0 Å². The summed E-state index contributed by atoms with van der Waals surface area (Å²) in [5.41, 5.74) is 4.36. The summed E-state index contributed by atoms with van der Waals surface area (Å²) in [4.78, 5) is 15.8. The molecule has 8 nitrogen and oxygen atoms in total. The molecule has 2 heterocycles. The Morgan fingerprint density at radius 1 is 1.05 bits per heavy atom. The van der Waals surface area contributed by atoms with Crippen LogP contribution < -0.4 is 9.46 Å². The average Bonchev–Trinajstić information content (AvgIpc) is 3.25. The summed E-state index contributed by atoms with van der Waals surface area (Å²) in [7, 11) is -0.385. The molecule has 0 saturated carbocycles. The number of carbonyl (C=O) groups excluding carboxylic acids is 1. The number of hydrogen-bond donors (Lipinski definition) is 1. The molecule has 190 valence electrons. The number of nitrogens with one attached hydrogen (secondary N) is 1. The SMILES string of the molecule is CNS(=O)(=O)c1ccc(CN(Cc2ccccc2)C(=O)c2nn(C)c3c2COc2ccc(Cl)cc2-3)cc1. The minimum Gasteiger partial charge on any atom is -0.488 e. The van der Waals surface area contributed by atoms with Crippen molar-refractivity contribution >= 4 is 27.5 Å². The summed E-state index contributed by atoms with van der Waals surface area (Å²) in [6.45, 7) is 0.835. The molecule has 0 spiro atoms. The van der Waals surface area contributed by atoms with E-state index in [2.05, 4.69) is 9.82 Å². The van der Waals surface area contributed by atoms with Crippen molar-refractivity contribution in [3.63, 3.8) is 0 Å². The Morgan fingerprint density at radius 2 is 1.73 bits per heavy atom. The maximum Gasteiger partial charge on any atom is 0.275 e. The maximum atomic E-state index is 14.0. The van der Waals surface area contributed by atoms with Gasteiger partial charge in [-0.05, 0) is 48.5 Å². The van der Waals surface area contributed by atoms with E-state index >= 15 is 0 Å². The number of rotatable bonds is 7. The monoisotopic (exact) mass is 536 g/mol. The van der Waals surface area contributed by atoms with E-state index in [4.69, 9.17) is 16.3 Å². The minimum atomic E-state index is -3.55. The summed E-state index contributed by atoms with van der Waals surface area (Å²) < 4.78 is 34.2. The van der Waals surface area contributed by atoms with Gasteiger partial charge in [-0.25, -0.2) is 13.1 Å². The highest BCUT2D eigenvalue weighted by Gasteiger charge is 2.31. The third kappa shape index (κ3) is 4.98. The smallest absolute Gasteiger partial charge is 0.275 e. The van der Waals surface area contributed by atoms with E-state index in [1.54, 1.807) is 34.8 Å². The van der Waals surface area contributed by atoms with Crippen LogP contribution in [0.2, 0.25) is 5.02 Å². The van der Waals surface area contributed by atoms with Crippen LogP contribution in [0.1, 0.15) is 27.2 Å². The van der Waals surface area contributed by atoms with Gasteiger partial charge in [-0.1, -0.05) is 54.1 Å². The second-order valence-corrected chi connectivity index (χ2v) is 11.0. The molecule has 1 aromatic heterocycles. The molecule has 0 unspecified atom stereocenters. The van der Waals surface area contributed by atoms with Crippen LogP contribution in [0.3, 0.4) is 0 Å². The first-order valence-electron chi connectivity index (χ1n) is 11.6. The van der Waals surface area contributed by atoms with Crippen LogP contribution >= 0.6 is 11.6 Å². The van der Waals surface area contributed by atoms with Gasteiger partial charge in [0.1, 0.15) is 12.4 Å². The Labute approximate surface area is 220 Å². The molecule has 1 amide bonds. The van der Waals surface area contributed by atoms with E-state index in [0.717, 1.165) is 22.4 Å². The fourth-order valence-corrected chi connectivity index (χ4v) is 5.34. The summed E-state index contributed by atoms with van der Waals surface area (Å²) in [6.07, 6.45) is 0. The quantitative estimate of drug-likeness (QED) is 0.378. The summed E-state index contributed by atoms with van der Waals surface area (Å²) in [6, 6.07) is 21.6. The van der Waals surface area contributed by atoms with Crippen LogP contribution in [0.15, 0.2) is 77.7 Å². The van der Waals surface area contributed by atoms with E-state index in [1.807, 2.05) is 42.5 Å². The number of aromatic nitrogens is 2. The zero-order valence-corrected chi connectivity index (χ0v) is 21.9. The predicted octanol–water partition coefficient (Wildman–Crippen LogP) is 4.38. The van der Waals surface area contributed by atoms with E-state index in [0.29, 0.717) is 28.6 Å². The first kappa shape index (κ1) is 25.0. The highest BCUT2D eigenvalue weighted by Crippen LogP contribution is 2.40. The molecular weight excluding hydrogens is 512 g/mol. The van der Waals surface area contributed by atoms with Crippen LogP contribution in [-0.2, 0) is 36.8 Å². The van der Waals surface area contributed by atoms with Crippen molar-refractivity contribution < 1.29 is 17.9 Å². The van der Waals surface area contributed by atoms with Crippen molar-refractivity contribution in [1.82, 2.24) is 19.4 Å². The number of halogens is 1. The third-order valence-electron chi connectivity index (χ3n) is 6.30. The van der Waals surface area contributed by atoms with Crippen molar-refractivity contribution in [2.45, 2.75) is 24.6 Å².